The first-order valence-electron chi connectivity index (χ1n) is 7.72. The van der Waals surface area contributed by atoms with Crippen molar-refractivity contribution in [3.05, 3.63) is 29.8 Å². The van der Waals surface area contributed by atoms with Gasteiger partial charge in [0.15, 0.2) is 0 Å². The normalized spacial score (nSPS) is 15.7. The molecule has 1 amide bonds. The molecule has 0 radical (unpaired) electrons. The molecule has 1 aliphatic heterocycles. The number of carbonyl (C=O) groups is 1. The van der Waals surface area contributed by atoms with Crippen molar-refractivity contribution < 1.29 is 4.79 Å². The monoisotopic (exact) mass is 307 g/mol. The van der Waals surface area contributed by atoms with E-state index >= 15 is 0 Å². The zero-order chi connectivity index (χ0) is 14.9. The van der Waals surface area contributed by atoms with E-state index in [0.29, 0.717) is 6.54 Å². The van der Waals surface area contributed by atoms with Crippen LogP contribution in [0.25, 0.3) is 0 Å². The van der Waals surface area contributed by atoms with Gasteiger partial charge in [-0.1, -0.05) is 19.1 Å². The first-order chi connectivity index (χ1) is 10.3. The van der Waals surface area contributed by atoms with Crippen LogP contribution in [0, 0.1) is 0 Å². The van der Waals surface area contributed by atoms with Gasteiger partial charge < -0.3 is 10.6 Å². The number of carbonyl (C=O) groups excluding carboxylic acids is 1. The summed E-state index contributed by atoms with van der Waals surface area (Å²) in [7, 11) is 0. The number of thioether (sulfide) groups is 1. The van der Waals surface area contributed by atoms with Gasteiger partial charge in [-0.25, -0.2) is 0 Å². The van der Waals surface area contributed by atoms with Gasteiger partial charge in [0.05, 0.1) is 5.56 Å². The number of nitrogens with zero attached hydrogens (tertiary/aromatic N) is 1. The minimum Gasteiger partial charge on any atom is -0.384 e. The van der Waals surface area contributed by atoms with Crippen molar-refractivity contribution >= 4 is 23.4 Å². The van der Waals surface area contributed by atoms with Crippen LogP contribution >= 0.6 is 11.8 Å². The standard InChI is InChI=1S/C16H25N3OS/c1-2-7-17-15-6-4-3-5-14(15)16(20)18-8-9-19-10-12-21-13-11-19/h3-6,17H,2,7-13H2,1H3,(H,18,20). The molecule has 0 aliphatic carbocycles. The fraction of sp³-hybridized carbons (Fsp3) is 0.562. The second-order valence-electron chi connectivity index (χ2n) is 5.18. The summed E-state index contributed by atoms with van der Waals surface area (Å²) in [4.78, 5) is 14.7. The minimum absolute atomic E-state index is 0.0144. The Morgan fingerprint density at radius 3 is 2.76 bits per heavy atom. The Balaban J connectivity index is 1.82. The van der Waals surface area contributed by atoms with Crippen LogP contribution in [0.1, 0.15) is 23.7 Å². The van der Waals surface area contributed by atoms with Gasteiger partial charge in [0, 0.05) is 49.9 Å². The van der Waals surface area contributed by atoms with E-state index in [4.69, 9.17) is 0 Å². The minimum atomic E-state index is 0.0144. The van der Waals surface area contributed by atoms with Gasteiger partial charge in [0.1, 0.15) is 0 Å². The summed E-state index contributed by atoms with van der Waals surface area (Å²) >= 11 is 2.01. The Labute approximate surface area is 131 Å². The van der Waals surface area contributed by atoms with E-state index in [2.05, 4.69) is 22.5 Å². The molecule has 0 unspecified atom stereocenters. The van der Waals surface area contributed by atoms with Crippen LogP contribution < -0.4 is 10.6 Å². The summed E-state index contributed by atoms with van der Waals surface area (Å²) in [5, 5.41) is 6.35. The van der Waals surface area contributed by atoms with E-state index in [0.717, 1.165) is 43.9 Å². The fourth-order valence-electron chi connectivity index (χ4n) is 2.34. The summed E-state index contributed by atoms with van der Waals surface area (Å²) in [6.45, 7) is 6.93. The molecular formula is C16H25N3OS. The first kappa shape index (κ1) is 16.2. The highest BCUT2D eigenvalue weighted by Crippen LogP contribution is 2.14. The lowest BCUT2D eigenvalue weighted by Gasteiger charge is -2.26. The Kier molecular flexibility index (Phi) is 6.89. The second kappa shape index (κ2) is 8.95. The van der Waals surface area contributed by atoms with Crippen molar-refractivity contribution in [2.45, 2.75) is 13.3 Å². The van der Waals surface area contributed by atoms with Crippen LogP contribution in [-0.2, 0) is 0 Å². The number of nitrogens with one attached hydrogen (secondary N) is 2. The highest BCUT2D eigenvalue weighted by Gasteiger charge is 2.12. The van der Waals surface area contributed by atoms with Crippen LogP contribution in [-0.4, -0.2) is 55.0 Å². The number of rotatable bonds is 7. The van der Waals surface area contributed by atoms with Gasteiger partial charge >= 0.3 is 0 Å². The van der Waals surface area contributed by atoms with Crippen LogP contribution in [0.3, 0.4) is 0 Å². The highest BCUT2D eigenvalue weighted by atomic mass is 32.2. The molecule has 1 aromatic rings. The lowest BCUT2D eigenvalue weighted by molar-refractivity contribution is 0.0949. The predicted octanol–water partition coefficient (Wildman–Crippen LogP) is 2.29. The van der Waals surface area contributed by atoms with E-state index in [9.17, 15) is 4.79 Å². The van der Waals surface area contributed by atoms with Crippen LogP contribution in [0.2, 0.25) is 0 Å². The maximum absolute atomic E-state index is 12.3. The molecule has 2 N–H and O–H groups in total. The van der Waals surface area contributed by atoms with E-state index in [1.54, 1.807) is 0 Å². The van der Waals surface area contributed by atoms with Crippen molar-refractivity contribution in [1.82, 2.24) is 10.2 Å². The van der Waals surface area contributed by atoms with E-state index in [1.165, 1.54) is 11.5 Å². The lowest BCUT2D eigenvalue weighted by Crippen LogP contribution is -2.39. The molecule has 21 heavy (non-hydrogen) atoms. The van der Waals surface area contributed by atoms with Crippen molar-refractivity contribution in [2.75, 3.05) is 49.5 Å². The average Bonchev–Trinajstić information content (AvgIpc) is 2.54. The summed E-state index contributed by atoms with van der Waals surface area (Å²) in [6, 6.07) is 7.71. The van der Waals surface area contributed by atoms with Crippen molar-refractivity contribution in [2.24, 2.45) is 0 Å². The number of hydrogen-bond donors (Lipinski definition) is 2. The van der Waals surface area contributed by atoms with Gasteiger partial charge in [0.2, 0.25) is 0 Å². The van der Waals surface area contributed by atoms with Gasteiger partial charge in [-0.2, -0.15) is 11.8 Å². The number of benzene rings is 1. The third-order valence-corrected chi connectivity index (χ3v) is 4.50. The van der Waals surface area contributed by atoms with Crippen molar-refractivity contribution in [3.8, 4) is 0 Å². The van der Waals surface area contributed by atoms with Crippen molar-refractivity contribution in [3.63, 3.8) is 0 Å². The molecule has 0 bridgehead atoms. The summed E-state index contributed by atoms with van der Waals surface area (Å²) in [5.41, 5.74) is 1.66. The Morgan fingerprint density at radius 1 is 1.24 bits per heavy atom. The van der Waals surface area contributed by atoms with E-state index < -0.39 is 0 Å². The first-order valence-corrected chi connectivity index (χ1v) is 8.88. The molecular weight excluding hydrogens is 282 g/mol. The quantitative estimate of drug-likeness (QED) is 0.811. The Bertz CT molecular complexity index is 447. The molecule has 1 fully saturated rings. The lowest BCUT2D eigenvalue weighted by atomic mass is 10.1. The summed E-state index contributed by atoms with van der Waals surface area (Å²) in [6.07, 6.45) is 1.04. The molecule has 5 heteroatoms. The van der Waals surface area contributed by atoms with Gasteiger partial charge in [-0.3, -0.25) is 9.69 Å². The van der Waals surface area contributed by atoms with Gasteiger partial charge in [-0.15, -0.1) is 0 Å². The third kappa shape index (κ3) is 5.25. The molecule has 0 spiro atoms. The zero-order valence-corrected chi connectivity index (χ0v) is 13.5. The number of para-hydroxylation sites is 1. The van der Waals surface area contributed by atoms with E-state index in [-0.39, 0.29) is 5.91 Å². The molecule has 116 valence electrons. The molecule has 1 aromatic carbocycles. The highest BCUT2D eigenvalue weighted by molar-refractivity contribution is 7.99. The summed E-state index contributed by atoms with van der Waals surface area (Å²) in [5.74, 6) is 2.43. The molecule has 4 nitrogen and oxygen atoms in total. The van der Waals surface area contributed by atoms with Crippen LogP contribution in [0.15, 0.2) is 24.3 Å². The topological polar surface area (TPSA) is 44.4 Å². The molecule has 1 heterocycles. The van der Waals surface area contributed by atoms with Gasteiger partial charge in [-0.05, 0) is 18.6 Å². The molecule has 1 saturated heterocycles. The smallest absolute Gasteiger partial charge is 0.253 e. The molecule has 0 atom stereocenters. The zero-order valence-electron chi connectivity index (χ0n) is 12.7. The molecule has 0 aromatic heterocycles. The SMILES string of the molecule is CCCNc1ccccc1C(=O)NCCN1CCSCC1. The van der Waals surface area contributed by atoms with Crippen molar-refractivity contribution in [1.29, 1.82) is 0 Å². The number of hydrogen-bond acceptors (Lipinski definition) is 4. The molecule has 0 saturated carbocycles. The second-order valence-corrected chi connectivity index (χ2v) is 6.41. The fourth-order valence-corrected chi connectivity index (χ4v) is 3.32. The van der Waals surface area contributed by atoms with E-state index in [1.807, 2.05) is 36.0 Å². The Morgan fingerprint density at radius 2 is 2.00 bits per heavy atom. The largest absolute Gasteiger partial charge is 0.384 e. The van der Waals surface area contributed by atoms with Gasteiger partial charge in [0.25, 0.3) is 5.91 Å². The maximum Gasteiger partial charge on any atom is 0.253 e. The predicted molar refractivity (Wildman–Crippen MR) is 91.3 cm³/mol. The Hall–Kier alpha value is -1.20. The molecule has 2 rings (SSSR count). The summed E-state index contributed by atoms with van der Waals surface area (Å²) < 4.78 is 0. The average molecular weight is 307 g/mol. The number of anilines is 1. The van der Waals surface area contributed by atoms with Crippen LogP contribution in [0.4, 0.5) is 5.69 Å². The third-order valence-electron chi connectivity index (χ3n) is 3.55. The van der Waals surface area contributed by atoms with Crippen LogP contribution in [0.5, 0.6) is 0 Å². The number of amides is 1. The maximum atomic E-state index is 12.3. The molecule has 1 aliphatic rings.